The van der Waals surface area contributed by atoms with E-state index < -0.39 is 0 Å². The van der Waals surface area contributed by atoms with Crippen LogP contribution in [0.2, 0.25) is 0 Å². The molecule has 73 valence electrons. The molecule has 1 fully saturated rings. The van der Waals surface area contributed by atoms with Crippen molar-refractivity contribution in [2.75, 3.05) is 26.3 Å². The summed E-state index contributed by atoms with van der Waals surface area (Å²) in [6, 6.07) is 4.77. The van der Waals surface area contributed by atoms with E-state index in [2.05, 4.69) is 20.9 Å². The summed E-state index contributed by atoms with van der Waals surface area (Å²) in [4.78, 5) is 10.3. The fraction of sp³-hybridized carbons (Fsp3) is 0.400. The summed E-state index contributed by atoms with van der Waals surface area (Å²) < 4.78 is 5.23. The molecule has 0 unspecified atom stereocenters. The summed E-state index contributed by atoms with van der Waals surface area (Å²) in [5.74, 6) is 0. The van der Waals surface area contributed by atoms with Crippen molar-refractivity contribution in [3.05, 3.63) is 24.5 Å². The average Bonchev–Trinajstić information content (AvgIpc) is 2.29. The molecule has 4 heteroatoms. The van der Waals surface area contributed by atoms with E-state index in [0.29, 0.717) is 0 Å². The topological polar surface area (TPSA) is 37.7 Å². The third-order valence-electron chi connectivity index (χ3n) is 2.01. The molecule has 2 rings (SSSR count). The van der Waals surface area contributed by atoms with Crippen LogP contribution in [0.3, 0.4) is 0 Å². The number of morpholine rings is 1. The van der Waals surface area contributed by atoms with E-state index in [-0.39, 0.29) is 0 Å². The predicted molar refractivity (Wildman–Crippen MR) is 53.6 cm³/mol. The lowest BCUT2D eigenvalue weighted by Crippen LogP contribution is -2.34. The molecule has 0 atom stereocenters. The second kappa shape index (κ2) is 4.72. The largest absolute Gasteiger partial charge is 0.378 e. The number of aliphatic imine (C=N–C) groups is 1. The van der Waals surface area contributed by atoms with Crippen molar-refractivity contribution in [3.63, 3.8) is 0 Å². The first-order chi connectivity index (χ1) is 6.95. The molecule has 1 aliphatic rings. The minimum Gasteiger partial charge on any atom is -0.378 e. The summed E-state index contributed by atoms with van der Waals surface area (Å²) in [6.07, 6.45) is 5.17. The quantitative estimate of drug-likeness (QED) is 0.513. The Morgan fingerprint density at radius 1 is 1.50 bits per heavy atom. The van der Waals surface area contributed by atoms with Gasteiger partial charge in [-0.25, -0.2) is 4.99 Å². The van der Waals surface area contributed by atoms with Gasteiger partial charge in [0.1, 0.15) is 0 Å². The van der Waals surface area contributed by atoms with Gasteiger partial charge in [0.2, 0.25) is 0 Å². The Labute approximate surface area is 83.2 Å². The highest BCUT2D eigenvalue weighted by Gasteiger charge is 2.05. The van der Waals surface area contributed by atoms with Crippen LogP contribution in [0.15, 0.2) is 23.5 Å². The van der Waals surface area contributed by atoms with Crippen LogP contribution in [0, 0.1) is 6.07 Å². The van der Waals surface area contributed by atoms with Crippen molar-refractivity contribution in [3.8, 4) is 0 Å². The third kappa shape index (κ3) is 2.53. The summed E-state index contributed by atoms with van der Waals surface area (Å²) >= 11 is 0. The highest BCUT2D eigenvalue weighted by Crippen LogP contribution is 2.06. The highest BCUT2D eigenvalue weighted by molar-refractivity contribution is 5.60. The van der Waals surface area contributed by atoms with Gasteiger partial charge in [-0.1, -0.05) is 0 Å². The second-order valence-electron chi connectivity index (χ2n) is 3.02. The Hall–Kier alpha value is -1.42. The van der Waals surface area contributed by atoms with Gasteiger partial charge in [-0.15, -0.1) is 0 Å². The van der Waals surface area contributed by atoms with Crippen LogP contribution in [0.5, 0.6) is 0 Å². The van der Waals surface area contributed by atoms with Gasteiger partial charge < -0.3 is 9.64 Å². The molecule has 1 aromatic rings. The maximum Gasteiger partial charge on any atom is 0.0914 e. The number of hydrogen-bond acceptors (Lipinski definition) is 3. The number of pyridine rings is 1. The first kappa shape index (κ1) is 9.15. The van der Waals surface area contributed by atoms with Crippen LogP contribution >= 0.6 is 0 Å². The lowest BCUT2D eigenvalue weighted by Gasteiger charge is -2.24. The molecule has 0 aliphatic carbocycles. The maximum atomic E-state index is 5.23. The van der Waals surface area contributed by atoms with E-state index in [4.69, 9.17) is 4.74 Å². The zero-order valence-electron chi connectivity index (χ0n) is 7.89. The van der Waals surface area contributed by atoms with Gasteiger partial charge in [0.25, 0.3) is 0 Å². The Morgan fingerprint density at radius 3 is 3.07 bits per heavy atom. The molecule has 1 saturated heterocycles. The van der Waals surface area contributed by atoms with E-state index >= 15 is 0 Å². The van der Waals surface area contributed by atoms with E-state index in [1.807, 2.05) is 12.4 Å². The minimum atomic E-state index is 0.784. The molecule has 4 nitrogen and oxygen atoms in total. The summed E-state index contributed by atoms with van der Waals surface area (Å²) in [7, 11) is 0. The van der Waals surface area contributed by atoms with Gasteiger partial charge in [-0.05, 0) is 6.07 Å². The zero-order valence-corrected chi connectivity index (χ0v) is 7.89. The van der Waals surface area contributed by atoms with Crippen molar-refractivity contribution < 1.29 is 4.74 Å². The fourth-order valence-corrected chi connectivity index (χ4v) is 1.23. The van der Waals surface area contributed by atoms with Gasteiger partial charge in [-0.3, -0.25) is 4.98 Å². The van der Waals surface area contributed by atoms with Crippen LogP contribution in [-0.4, -0.2) is 42.5 Å². The zero-order chi connectivity index (χ0) is 9.64. The van der Waals surface area contributed by atoms with Crippen molar-refractivity contribution >= 4 is 12.0 Å². The summed E-state index contributed by atoms with van der Waals surface area (Å²) in [6.45, 7) is 3.39. The van der Waals surface area contributed by atoms with Crippen LogP contribution in [0.25, 0.3) is 0 Å². The molecule has 2 heterocycles. The molecule has 1 aliphatic heterocycles. The molecule has 1 aromatic heterocycles. The molecule has 14 heavy (non-hydrogen) atoms. The van der Waals surface area contributed by atoms with Crippen molar-refractivity contribution in [1.82, 2.24) is 9.88 Å². The van der Waals surface area contributed by atoms with E-state index in [9.17, 15) is 0 Å². The molecule has 0 spiro atoms. The number of ether oxygens (including phenoxy) is 1. The molecule has 0 N–H and O–H groups in total. The van der Waals surface area contributed by atoms with Crippen molar-refractivity contribution in [2.45, 2.75) is 0 Å². The van der Waals surface area contributed by atoms with E-state index in [0.717, 1.165) is 32.0 Å². The Kier molecular flexibility index (Phi) is 3.08. The van der Waals surface area contributed by atoms with Crippen LogP contribution in [0.1, 0.15) is 0 Å². The minimum absolute atomic E-state index is 0.784. The number of aromatic nitrogens is 1. The number of nitrogens with zero attached hydrogens (tertiary/aromatic N) is 3. The molecule has 0 aromatic carbocycles. The molecule has 0 amide bonds. The molecular formula is C10H12N3O. The Morgan fingerprint density at radius 2 is 2.36 bits per heavy atom. The van der Waals surface area contributed by atoms with Gasteiger partial charge in [0.05, 0.1) is 25.2 Å². The molecule has 0 bridgehead atoms. The van der Waals surface area contributed by atoms with Gasteiger partial charge in [-0.2, -0.15) is 0 Å². The monoisotopic (exact) mass is 190 g/mol. The molecule has 1 radical (unpaired) electrons. The first-order valence-corrected chi connectivity index (χ1v) is 4.63. The van der Waals surface area contributed by atoms with E-state index in [1.165, 1.54) is 0 Å². The SMILES string of the molecule is [c]1cnccc1/N=C/N1CCOCC1. The standard InChI is InChI=1S/C10H12N3O/c1-3-11-4-2-10(1)12-9-13-5-7-14-8-6-13/h1,3-4,9H,5-8H2/b12-9+. The normalized spacial score (nSPS) is 17.6. The Balaban J connectivity index is 1.93. The maximum absolute atomic E-state index is 5.23. The van der Waals surface area contributed by atoms with Crippen molar-refractivity contribution in [2.24, 2.45) is 4.99 Å². The van der Waals surface area contributed by atoms with Gasteiger partial charge in [0.15, 0.2) is 0 Å². The smallest absolute Gasteiger partial charge is 0.0914 e. The number of rotatable bonds is 2. The number of hydrogen-bond donors (Lipinski definition) is 0. The van der Waals surface area contributed by atoms with Gasteiger partial charge in [0, 0.05) is 31.5 Å². The predicted octanol–water partition coefficient (Wildman–Crippen LogP) is 0.874. The van der Waals surface area contributed by atoms with Crippen LogP contribution < -0.4 is 0 Å². The molecular weight excluding hydrogens is 178 g/mol. The lowest BCUT2D eigenvalue weighted by molar-refractivity contribution is 0.0701. The Bertz CT molecular complexity index is 293. The molecule has 0 saturated carbocycles. The highest BCUT2D eigenvalue weighted by atomic mass is 16.5. The second-order valence-corrected chi connectivity index (χ2v) is 3.02. The van der Waals surface area contributed by atoms with E-state index in [1.54, 1.807) is 12.4 Å². The lowest BCUT2D eigenvalue weighted by atomic mass is 10.4. The van der Waals surface area contributed by atoms with Crippen molar-refractivity contribution in [1.29, 1.82) is 0 Å². The third-order valence-corrected chi connectivity index (χ3v) is 2.01. The van der Waals surface area contributed by atoms with Crippen LogP contribution in [-0.2, 0) is 4.74 Å². The summed E-state index contributed by atoms with van der Waals surface area (Å²) in [5, 5.41) is 0. The summed E-state index contributed by atoms with van der Waals surface area (Å²) in [5.41, 5.74) is 0.812. The fourth-order valence-electron chi connectivity index (χ4n) is 1.23. The average molecular weight is 190 g/mol. The van der Waals surface area contributed by atoms with Crippen LogP contribution in [0.4, 0.5) is 5.69 Å². The first-order valence-electron chi connectivity index (χ1n) is 4.63. The van der Waals surface area contributed by atoms with Gasteiger partial charge >= 0.3 is 0 Å².